The molecule has 0 aliphatic carbocycles. The highest BCUT2D eigenvalue weighted by molar-refractivity contribution is 6.90. The SMILES string of the molecule is CN(c1ccc(C#N)cc1)c1cccc2c1oc1c([Si](C)(C)C)cccc12. The number of benzene rings is 3. The summed E-state index contributed by atoms with van der Waals surface area (Å²) in [6.45, 7) is 7.04. The molecule has 0 saturated carbocycles. The number of nitriles is 1. The second-order valence-electron chi connectivity index (χ2n) is 7.91. The minimum absolute atomic E-state index is 0.661. The molecule has 0 N–H and O–H groups in total. The number of hydrogen-bond acceptors (Lipinski definition) is 3. The number of anilines is 2. The van der Waals surface area contributed by atoms with Crippen LogP contribution in [-0.2, 0) is 0 Å². The third-order valence-corrected chi connectivity index (χ3v) is 7.07. The Morgan fingerprint density at radius 2 is 1.48 bits per heavy atom. The van der Waals surface area contributed by atoms with E-state index in [2.05, 4.69) is 67.0 Å². The lowest BCUT2D eigenvalue weighted by atomic mass is 10.1. The maximum absolute atomic E-state index is 9.02. The molecule has 4 rings (SSSR count). The van der Waals surface area contributed by atoms with Gasteiger partial charge in [-0.3, -0.25) is 0 Å². The zero-order valence-corrected chi connectivity index (χ0v) is 17.1. The molecule has 0 aliphatic heterocycles. The molecule has 3 nitrogen and oxygen atoms in total. The summed E-state index contributed by atoms with van der Waals surface area (Å²) in [6, 6.07) is 22.6. The molecule has 134 valence electrons. The highest BCUT2D eigenvalue weighted by Crippen LogP contribution is 2.37. The second-order valence-corrected chi connectivity index (χ2v) is 12.9. The first-order valence-electron chi connectivity index (χ1n) is 9.09. The van der Waals surface area contributed by atoms with Crippen molar-refractivity contribution in [3.63, 3.8) is 0 Å². The maximum atomic E-state index is 9.02. The first-order chi connectivity index (χ1) is 12.9. The summed E-state index contributed by atoms with van der Waals surface area (Å²) in [5, 5.41) is 12.7. The van der Waals surface area contributed by atoms with Crippen molar-refractivity contribution in [1.82, 2.24) is 0 Å². The van der Waals surface area contributed by atoms with E-state index in [1.165, 1.54) is 10.6 Å². The van der Waals surface area contributed by atoms with E-state index in [9.17, 15) is 0 Å². The highest BCUT2D eigenvalue weighted by Gasteiger charge is 2.23. The molecule has 0 fully saturated rings. The molecule has 4 aromatic rings. The van der Waals surface area contributed by atoms with E-state index < -0.39 is 8.07 Å². The molecular weight excluding hydrogens is 348 g/mol. The molecular formula is C23H22N2OSi. The molecule has 4 heteroatoms. The lowest BCUT2D eigenvalue weighted by molar-refractivity contribution is 0.671. The Morgan fingerprint density at radius 3 is 2.11 bits per heavy atom. The average molecular weight is 371 g/mol. The predicted molar refractivity (Wildman–Crippen MR) is 116 cm³/mol. The Hall–Kier alpha value is -3.03. The maximum Gasteiger partial charge on any atom is 0.159 e. The van der Waals surface area contributed by atoms with Gasteiger partial charge in [0.1, 0.15) is 5.58 Å². The lowest BCUT2D eigenvalue weighted by Crippen LogP contribution is -2.37. The van der Waals surface area contributed by atoms with Crippen molar-refractivity contribution in [1.29, 1.82) is 5.26 Å². The smallest absolute Gasteiger partial charge is 0.159 e. The molecule has 0 aliphatic rings. The van der Waals surface area contributed by atoms with Gasteiger partial charge in [0.2, 0.25) is 0 Å². The van der Waals surface area contributed by atoms with E-state index in [-0.39, 0.29) is 0 Å². The minimum Gasteiger partial charge on any atom is -0.454 e. The van der Waals surface area contributed by atoms with Crippen LogP contribution < -0.4 is 10.1 Å². The highest BCUT2D eigenvalue weighted by atomic mass is 28.3. The summed E-state index contributed by atoms with van der Waals surface area (Å²) in [7, 11) is 0.513. The summed E-state index contributed by atoms with van der Waals surface area (Å²) < 4.78 is 6.47. The zero-order chi connectivity index (χ0) is 19.2. The van der Waals surface area contributed by atoms with Gasteiger partial charge in [0.15, 0.2) is 5.58 Å². The van der Waals surface area contributed by atoms with Gasteiger partial charge in [-0.1, -0.05) is 50.0 Å². The van der Waals surface area contributed by atoms with Crippen LogP contribution in [0.1, 0.15) is 5.56 Å². The number of hydrogen-bond donors (Lipinski definition) is 0. The van der Waals surface area contributed by atoms with Gasteiger partial charge in [0, 0.05) is 23.5 Å². The Labute approximate surface area is 160 Å². The van der Waals surface area contributed by atoms with Crippen molar-refractivity contribution in [3.8, 4) is 6.07 Å². The van der Waals surface area contributed by atoms with Crippen LogP contribution in [0.4, 0.5) is 11.4 Å². The van der Waals surface area contributed by atoms with Gasteiger partial charge < -0.3 is 9.32 Å². The van der Waals surface area contributed by atoms with Crippen molar-refractivity contribution in [2.24, 2.45) is 0 Å². The average Bonchev–Trinajstić information content (AvgIpc) is 3.05. The molecule has 0 unspecified atom stereocenters. The number of furan rings is 1. The standard InChI is InChI=1S/C23H22N2OSi/c1-25(17-13-11-16(15-24)12-14-17)20-9-5-7-18-19-8-6-10-21(27(2,3)4)23(19)26-22(18)20/h5-14H,1-4H3. The van der Waals surface area contributed by atoms with E-state index in [4.69, 9.17) is 9.68 Å². The van der Waals surface area contributed by atoms with E-state index in [0.717, 1.165) is 27.9 Å². The van der Waals surface area contributed by atoms with Crippen LogP contribution in [0, 0.1) is 11.3 Å². The number of para-hydroxylation sites is 2. The van der Waals surface area contributed by atoms with Gasteiger partial charge in [0.25, 0.3) is 0 Å². The van der Waals surface area contributed by atoms with E-state index in [0.29, 0.717) is 5.56 Å². The molecule has 0 atom stereocenters. The van der Waals surface area contributed by atoms with Gasteiger partial charge in [0.05, 0.1) is 25.4 Å². The van der Waals surface area contributed by atoms with E-state index >= 15 is 0 Å². The number of nitrogens with zero attached hydrogens (tertiary/aromatic N) is 2. The van der Waals surface area contributed by atoms with Gasteiger partial charge in [-0.2, -0.15) is 5.26 Å². The third kappa shape index (κ3) is 2.90. The monoisotopic (exact) mass is 370 g/mol. The summed E-state index contributed by atoms with van der Waals surface area (Å²) in [4.78, 5) is 2.11. The Kier molecular flexibility index (Phi) is 4.05. The molecule has 0 spiro atoms. The molecule has 27 heavy (non-hydrogen) atoms. The van der Waals surface area contributed by atoms with Gasteiger partial charge in [-0.25, -0.2) is 0 Å². The first-order valence-corrected chi connectivity index (χ1v) is 12.6. The Balaban J connectivity index is 1.93. The quantitative estimate of drug-likeness (QED) is 0.430. The summed E-state index contributed by atoms with van der Waals surface area (Å²) in [5.74, 6) is 0. The summed E-state index contributed by atoms with van der Waals surface area (Å²) in [5.41, 5.74) is 4.63. The van der Waals surface area contributed by atoms with Crippen LogP contribution in [0.5, 0.6) is 0 Å². The molecule has 1 heterocycles. The van der Waals surface area contributed by atoms with Gasteiger partial charge >= 0.3 is 0 Å². The van der Waals surface area contributed by atoms with E-state index in [1.54, 1.807) is 0 Å². The predicted octanol–water partition coefficient (Wildman–Crippen LogP) is 5.77. The fourth-order valence-corrected chi connectivity index (χ4v) is 5.02. The Morgan fingerprint density at radius 1 is 0.852 bits per heavy atom. The fraction of sp³-hybridized carbons (Fsp3) is 0.174. The fourth-order valence-electron chi connectivity index (χ4n) is 3.56. The molecule has 3 aromatic carbocycles. The van der Waals surface area contributed by atoms with E-state index in [1.807, 2.05) is 31.3 Å². The lowest BCUT2D eigenvalue weighted by Gasteiger charge is -2.19. The largest absolute Gasteiger partial charge is 0.454 e. The molecule has 0 bridgehead atoms. The van der Waals surface area contributed by atoms with Crippen LogP contribution in [0.15, 0.2) is 65.1 Å². The molecule has 0 saturated heterocycles. The topological polar surface area (TPSA) is 40.2 Å². The van der Waals surface area contributed by atoms with Crippen molar-refractivity contribution < 1.29 is 4.42 Å². The molecule has 0 amide bonds. The van der Waals surface area contributed by atoms with Crippen molar-refractivity contribution in [2.75, 3.05) is 11.9 Å². The number of fused-ring (bicyclic) bond motifs is 3. The van der Waals surface area contributed by atoms with Gasteiger partial charge in [-0.15, -0.1) is 0 Å². The van der Waals surface area contributed by atoms with Crippen LogP contribution in [0.2, 0.25) is 19.6 Å². The van der Waals surface area contributed by atoms with Crippen molar-refractivity contribution in [3.05, 3.63) is 66.2 Å². The van der Waals surface area contributed by atoms with Crippen molar-refractivity contribution >= 4 is 46.6 Å². The zero-order valence-electron chi connectivity index (χ0n) is 16.1. The molecule has 1 aromatic heterocycles. The normalized spacial score (nSPS) is 11.7. The molecule has 0 radical (unpaired) electrons. The van der Waals surface area contributed by atoms with Crippen molar-refractivity contribution in [2.45, 2.75) is 19.6 Å². The Bertz CT molecular complexity index is 1180. The second kappa shape index (κ2) is 6.29. The third-order valence-electron chi connectivity index (χ3n) is 5.06. The van der Waals surface area contributed by atoms with Crippen LogP contribution >= 0.6 is 0 Å². The van der Waals surface area contributed by atoms with Crippen LogP contribution in [0.25, 0.3) is 21.9 Å². The number of rotatable bonds is 3. The minimum atomic E-state index is -1.52. The summed E-state index contributed by atoms with van der Waals surface area (Å²) >= 11 is 0. The van der Waals surface area contributed by atoms with Crippen LogP contribution in [-0.4, -0.2) is 15.1 Å². The van der Waals surface area contributed by atoms with Gasteiger partial charge in [-0.05, 0) is 35.5 Å². The first kappa shape index (κ1) is 17.4. The summed E-state index contributed by atoms with van der Waals surface area (Å²) in [6.07, 6.45) is 0. The van der Waals surface area contributed by atoms with Crippen LogP contribution in [0.3, 0.4) is 0 Å².